The van der Waals surface area contributed by atoms with E-state index in [0.29, 0.717) is 37.9 Å². The number of fused-ring (bicyclic) bond motifs is 1. The topological polar surface area (TPSA) is 84.9 Å². The molecular weight excluding hydrogens is 461 g/mol. The summed E-state index contributed by atoms with van der Waals surface area (Å²) >= 11 is 0. The van der Waals surface area contributed by atoms with Crippen LogP contribution in [0.5, 0.6) is 11.6 Å². The Morgan fingerprint density at radius 2 is 1.76 bits per heavy atom. The average Bonchev–Trinajstić information content (AvgIpc) is 3.53. The maximum absolute atomic E-state index is 13.0. The van der Waals surface area contributed by atoms with Crippen molar-refractivity contribution >= 4 is 10.0 Å². The molecule has 0 bridgehead atoms. The summed E-state index contributed by atoms with van der Waals surface area (Å²) in [7, 11) is -3.84. The van der Waals surface area contributed by atoms with E-state index < -0.39 is 22.1 Å². The quantitative estimate of drug-likeness (QED) is 0.623. The zero-order chi connectivity index (χ0) is 23.2. The lowest BCUT2D eigenvalue weighted by molar-refractivity contribution is -0.274. The zero-order valence-corrected chi connectivity index (χ0v) is 18.4. The van der Waals surface area contributed by atoms with Crippen LogP contribution in [0.15, 0.2) is 41.6 Å². The lowest BCUT2D eigenvalue weighted by Crippen LogP contribution is -2.51. The number of ether oxygens (including phenoxy) is 2. The fourth-order valence-electron chi connectivity index (χ4n) is 4.38. The number of rotatable bonds is 6. The Balaban J connectivity index is 1.20. The summed E-state index contributed by atoms with van der Waals surface area (Å²) in [4.78, 5) is 10.9. The Bertz CT molecular complexity index is 1090. The predicted octanol–water partition coefficient (Wildman–Crippen LogP) is 2.78. The van der Waals surface area contributed by atoms with Gasteiger partial charge in [0, 0.05) is 44.6 Å². The molecule has 0 radical (unpaired) electrons. The van der Waals surface area contributed by atoms with Crippen molar-refractivity contribution in [3.8, 4) is 11.6 Å². The lowest BCUT2D eigenvalue weighted by Gasteiger charge is -2.36. The van der Waals surface area contributed by atoms with E-state index in [2.05, 4.69) is 19.6 Å². The molecule has 12 heteroatoms. The third-order valence-electron chi connectivity index (χ3n) is 6.17. The first kappa shape index (κ1) is 22.4. The third kappa shape index (κ3) is 5.07. The van der Waals surface area contributed by atoms with Gasteiger partial charge in [-0.2, -0.15) is 4.31 Å². The SMILES string of the molecule is O=S(=O)(c1ccc(OC(F)(F)F)cc1)N1CCN2C[C@H](Oc3cnc(C4CC4)cn3)C[C@H]2C1. The fraction of sp³-hybridized carbons (Fsp3) is 0.524. The van der Waals surface area contributed by atoms with Gasteiger partial charge in [0.05, 0.1) is 23.0 Å². The number of hydrogen-bond acceptors (Lipinski definition) is 7. The first-order valence-electron chi connectivity index (χ1n) is 10.8. The molecule has 8 nitrogen and oxygen atoms in total. The molecule has 178 valence electrons. The molecule has 3 aliphatic rings. The van der Waals surface area contributed by atoms with Crippen LogP contribution in [0.3, 0.4) is 0 Å². The number of hydrogen-bond donors (Lipinski definition) is 0. The maximum Gasteiger partial charge on any atom is 0.573 e. The van der Waals surface area contributed by atoms with Gasteiger partial charge < -0.3 is 9.47 Å². The van der Waals surface area contributed by atoms with Crippen molar-refractivity contribution in [1.29, 1.82) is 0 Å². The summed E-state index contributed by atoms with van der Waals surface area (Å²) in [5, 5.41) is 0. The Hall–Kier alpha value is -2.44. The maximum atomic E-state index is 13.0. The van der Waals surface area contributed by atoms with Gasteiger partial charge in [0.25, 0.3) is 0 Å². The molecule has 0 spiro atoms. The van der Waals surface area contributed by atoms with Gasteiger partial charge >= 0.3 is 6.36 Å². The highest BCUT2D eigenvalue weighted by molar-refractivity contribution is 7.89. The van der Waals surface area contributed by atoms with Gasteiger partial charge in [-0.3, -0.25) is 9.88 Å². The van der Waals surface area contributed by atoms with Gasteiger partial charge in [0.2, 0.25) is 15.9 Å². The number of piperazine rings is 1. The lowest BCUT2D eigenvalue weighted by atomic mass is 10.2. The number of aromatic nitrogens is 2. The number of sulfonamides is 1. The molecule has 3 heterocycles. The fourth-order valence-corrected chi connectivity index (χ4v) is 5.85. The number of halogens is 3. The first-order chi connectivity index (χ1) is 15.7. The standard InChI is InChI=1S/C21H23F3N4O4S/c22-21(23,24)32-16-3-5-18(6-4-16)33(29,30)28-8-7-27-13-17(9-15(27)12-28)31-20-11-25-19(10-26-20)14-1-2-14/h3-6,10-11,14-15,17H,1-2,7-9,12-13H2/t15-,17+/m0/s1. The second-order valence-corrected chi connectivity index (χ2v) is 10.5. The summed E-state index contributed by atoms with van der Waals surface area (Å²) in [5.41, 5.74) is 0.991. The summed E-state index contributed by atoms with van der Waals surface area (Å²) < 4.78 is 74.3. The molecule has 2 aromatic rings. The Morgan fingerprint density at radius 1 is 1.00 bits per heavy atom. The molecule has 1 aliphatic carbocycles. The normalized spacial score (nSPS) is 24.5. The minimum Gasteiger partial charge on any atom is -0.472 e. The second kappa shape index (κ2) is 8.41. The van der Waals surface area contributed by atoms with Crippen molar-refractivity contribution < 1.29 is 31.1 Å². The molecule has 0 unspecified atom stereocenters. The zero-order valence-electron chi connectivity index (χ0n) is 17.6. The summed E-state index contributed by atoms with van der Waals surface area (Å²) in [6.07, 6.45) is 1.41. The summed E-state index contributed by atoms with van der Waals surface area (Å²) in [6.45, 7) is 1.80. The van der Waals surface area contributed by atoms with Crippen LogP contribution < -0.4 is 9.47 Å². The van der Waals surface area contributed by atoms with Crippen LogP contribution in [0.1, 0.15) is 30.9 Å². The van der Waals surface area contributed by atoms with Gasteiger partial charge in [-0.1, -0.05) is 0 Å². The molecule has 2 aliphatic heterocycles. The van der Waals surface area contributed by atoms with Crippen molar-refractivity contribution in [3.63, 3.8) is 0 Å². The largest absolute Gasteiger partial charge is 0.573 e. The average molecular weight is 485 g/mol. The van der Waals surface area contributed by atoms with Gasteiger partial charge in [-0.15, -0.1) is 13.2 Å². The molecule has 0 N–H and O–H groups in total. The summed E-state index contributed by atoms with van der Waals surface area (Å²) in [6, 6.07) is 4.27. The molecular formula is C21H23F3N4O4S. The van der Waals surface area contributed by atoms with Crippen LogP contribution in [-0.4, -0.2) is 72.3 Å². The van der Waals surface area contributed by atoms with Crippen LogP contribution in [-0.2, 0) is 10.0 Å². The molecule has 1 aromatic carbocycles. The molecule has 2 saturated heterocycles. The van der Waals surface area contributed by atoms with Gasteiger partial charge in [0.1, 0.15) is 11.9 Å². The van der Waals surface area contributed by atoms with E-state index in [4.69, 9.17) is 4.74 Å². The predicted molar refractivity (Wildman–Crippen MR) is 110 cm³/mol. The molecule has 3 fully saturated rings. The summed E-state index contributed by atoms with van der Waals surface area (Å²) in [5.74, 6) is 0.526. The molecule has 2 atom stereocenters. The van der Waals surface area contributed by atoms with E-state index in [1.54, 1.807) is 12.4 Å². The minimum absolute atomic E-state index is 0.00921. The van der Waals surface area contributed by atoms with Gasteiger partial charge in [0.15, 0.2) is 0 Å². The molecule has 5 rings (SSSR count). The van der Waals surface area contributed by atoms with Crippen molar-refractivity contribution in [3.05, 3.63) is 42.4 Å². The van der Waals surface area contributed by atoms with Crippen LogP contribution >= 0.6 is 0 Å². The van der Waals surface area contributed by atoms with Crippen molar-refractivity contribution in [2.75, 3.05) is 26.2 Å². The highest BCUT2D eigenvalue weighted by Gasteiger charge is 2.41. The molecule has 33 heavy (non-hydrogen) atoms. The van der Waals surface area contributed by atoms with E-state index in [9.17, 15) is 21.6 Å². The van der Waals surface area contributed by atoms with E-state index in [0.717, 1.165) is 42.8 Å². The monoisotopic (exact) mass is 484 g/mol. The van der Waals surface area contributed by atoms with Gasteiger partial charge in [-0.25, -0.2) is 13.4 Å². The van der Waals surface area contributed by atoms with E-state index in [1.165, 1.54) is 4.31 Å². The number of nitrogens with zero attached hydrogens (tertiary/aromatic N) is 4. The van der Waals surface area contributed by atoms with Crippen molar-refractivity contribution in [2.24, 2.45) is 0 Å². The van der Waals surface area contributed by atoms with E-state index in [1.807, 2.05) is 0 Å². The Kier molecular flexibility index (Phi) is 5.69. The molecule has 1 aromatic heterocycles. The molecule has 0 amide bonds. The minimum atomic E-state index is -4.83. The first-order valence-corrected chi connectivity index (χ1v) is 12.2. The van der Waals surface area contributed by atoms with E-state index >= 15 is 0 Å². The van der Waals surface area contributed by atoms with Crippen LogP contribution in [0, 0.1) is 0 Å². The van der Waals surface area contributed by atoms with Crippen molar-refractivity contribution in [2.45, 2.75) is 48.6 Å². The van der Waals surface area contributed by atoms with Crippen LogP contribution in [0.4, 0.5) is 13.2 Å². The molecule has 1 saturated carbocycles. The Labute approximate surface area is 189 Å². The smallest absolute Gasteiger partial charge is 0.472 e. The number of alkyl halides is 3. The highest BCUT2D eigenvalue weighted by atomic mass is 32.2. The number of benzene rings is 1. The second-order valence-electron chi connectivity index (χ2n) is 8.56. The van der Waals surface area contributed by atoms with E-state index in [-0.39, 0.29) is 23.6 Å². The highest BCUT2D eigenvalue weighted by Crippen LogP contribution is 2.38. The third-order valence-corrected chi connectivity index (χ3v) is 8.05. The van der Waals surface area contributed by atoms with Crippen molar-refractivity contribution in [1.82, 2.24) is 19.2 Å². The van der Waals surface area contributed by atoms with Crippen LogP contribution in [0.25, 0.3) is 0 Å². The Morgan fingerprint density at radius 3 is 2.39 bits per heavy atom. The van der Waals surface area contributed by atoms with Gasteiger partial charge in [-0.05, 0) is 37.1 Å². The van der Waals surface area contributed by atoms with Crippen LogP contribution in [0.2, 0.25) is 0 Å².